The van der Waals surface area contributed by atoms with Crippen LogP contribution in [0.15, 0.2) is 6.20 Å². The second-order valence-corrected chi connectivity index (χ2v) is 4.85. The first kappa shape index (κ1) is 9.73. The van der Waals surface area contributed by atoms with E-state index in [9.17, 15) is 0 Å². The molecule has 0 bridgehead atoms. The molecule has 5 heteroatoms. The van der Waals surface area contributed by atoms with Gasteiger partial charge in [0.25, 0.3) is 0 Å². The summed E-state index contributed by atoms with van der Waals surface area (Å²) in [6.07, 6.45) is 4.09. The Morgan fingerprint density at radius 3 is 2.86 bits per heavy atom. The fourth-order valence-corrected chi connectivity index (χ4v) is 2.34. The largest absolute Gasteiger partial charge is 0.389 e. The fourth-order valence-electron chi connectivity index (χ4n) is 1.68. The molecule has 4 nitrogen and oxygen atoms in total. The van der Waals surface area contributed by atoms with E-state index >= 15 is 0 Å². The zero-order chi connectivity index (χ0) is 9.97. The predicted molar refractivity (Wildman–Crippen MR) is 60.7 cm³/mol. The third kappa shape index (κ3) is 2.36. The first-order chi connectivity index (χ1) is 6.74. The Morgan fingerprint density at radius 2 is 2.29 bits per heavy atom. The van der Waals surface area contributed by atoms with Gasteiger partial charge < -0.3 is 16.0 Å². The van der Waals surface area contributed by atoms with E-state index < -0.39 is 0 Å². The van der Waals surface area contributed by atoms with Gasteiger partial charge in [-0.2, -0.15) is 0 Å². The molecule has 0 saturated carbocycles. The van der Waals surface area contributed by atoms with Crippen molar-refractivity contribution in [3.05, 3.63) is 6.20 Å². The molecule has 1 aromatic heterocycles. The summed E-state index contributed by atoms with van der Waals surface area (Å²) < 4.78 is 0. The van der Waals surface area contributed by atoms with Crippen molar-refractivity contribution in [1.82, 2.24) is 9.88 Å². The van der Waals surface area contributed by atoms with Gasteiger partial charge in [0.1, 0.15) is 5.00 Å². The summed E-state index contributed by atoms with van der Waals surface area (Å²) in [5, 5.41) is 5.16. The van der Waals surface area contributed by atoms with Crippen molar-refractivity contribution in [1.29, 1.82) is 0 Å². The van der Waals surface area contributed by atoms with Crippen LogP contribution in [0.5, 0.6) is 0 Å². The molecule has 0 atom stereocenters. The second kappa shape index (κ2) is 4.14. The summed E-state index contributed by atoms with van der Waals surface area (Å²) in [7, 11) is 2.16. The Bertz CT molecular complexity index is 291. The Labute approximate surface area is 88.1 Å². The van der Waals surface area contributed by atoms with Gasteiger partial charge in [0.05, 0.1) is 6.20 Å². The minimum absolute atomic E-state index is 0.566. The molecule has 1 aliphatic heterocycles. The number of anilines is 2. The Kier molecular flexibility index (Phi) is 2.88. The molecule has 0 amide bonds. The van der Waals surface area contributed by atoms with Gasteiger partial charge in [0.15, 0.2) is 5.13 Å². The topological polar surface area (TPSA) is 54.2 Å². The number of likely N-dealkylation sites (tertiary alicyclic amines) is 1. The van der Waals surface area contributed by atoms with Crippen LogP contribution in [0.1, 0.15) is 12.8 Å². The maximum atomic E-state index is 5.61. The molecule has 1 aromatic rings. The van der Waals surface area contributed by atoms with Crippen LogP contribution in [0.2, 0.25) is 0 Å². The first-order valence-electron chi connectivity index (χ1n) is 4.90. The molecular formula is C9H16N4S. The van der Waals surface area contributed by atoms with Gasteiger partial charge in [0, 0.05) is 6.04 Å². The number of nitrogens with two attached hydrogens (primary N) is 1. The lowest BCUT2D eigenvalue weighted by atomic mass is 10.1. The van der Waals surface area contributed by atoms with Gasteiger partial charge in [-0.25, -0.2) is 4.98 Å². The summed E-state index contributed by atoms with van der Waals surface area (Å²) in [5.41, 5.74) is 5.61. The summed E-state index contributed by atoms with van der Waals surface area (Å²) in [4.78, 5) is 6.55. The highest BCUT2D eigenvalue weighted by atomic mass is 32.1. The molecule has 78 valence electrons. The maximum absolute atomic E-state index is 5.61. The zero-order valence-corrected chi connectivity index (χ0v) is 9.18. The molecule has 1 fully saturated rings. The van der Waals surface area contributed by atoms with Crippen LogP contribution >= 0.6 is 11.3 Å². The van der Waals surface area contributed by atoms with Crippen LogP contribution in [0, 0.1) is 0 Å². The predicted octanol–water partition coefficient (Wildman–Crippen LogP) is 1.23. The number of aromatic nitrogens is 1. The lowest BCUT2D eigenvalue weighted by Gasteiger charge is -2.29. The smallest absolute Gasteiger partial charge is 0.184 e. The highest BCUT2D eigenvalue weighted by Gasteiger charge is 2.16. The van der Waals surface area contributed by atoms with Crippen molar-refractivity contribution in [2.24, 2.45) is 0 Å². The van der Waals surface area contributed by atoms with E-state index in [-0.39, 0.29) is 0 Å². The molecule has 0 unspecified atom stereocenters. The van der Waals surface area contributed by atoms with E-state index in [1.807, 2.05) is 0 Å². The molecule has 1 saturated heterocycles. The lowest BCUT2D eigenvalue weighted by molar-refractivity contribution is 0.264. The molecule has 0 aliphatic carbocycles. The number of rotatable bonds is 2. The number of hydrogen-bond donors (Lipinski definition) is 2. The van der Waals surface area contributed by atoms with Crippen LogP contribution in [0.4, 0.5) is 10.1 Å². The molecular weight excluding hydrogens is 196 g/mol. The number of nitrogen functional groups attached to an aromatic ring is 1. The minimum Gasteiger partial charge on any atom is -0.389 e. The molecule has 2 heterocycles. The average Bonchev–Trinajstić information content (AvgIpc) is 2.56. The van der Waals surface area contributed by atoms with E-state index in [0.717, 1.165) is 10.1 Å². The highest BCUT2D eigenvalue weighted by molar-refractivity contribution is 7.19. The number of hydrogen-bond acceptors (Lipinski definition) is 5. The van der Waals surface area contributed by atoms with Crippen LogP contribution < -0.4 is 11.1 Å². The van der Waals surface area contributed by atoms with Crippen molar-refractivity contribution in [2.75, 3.05) is 31.2 Å². The molecule has 2 rings (SSSR count). The van der Waals surface area contributed by atoms with Gasteiger partial charge in [-0.3, -0.25) is 0 Å². The standard InChI is InChI=1S/C9H16N4S/c1-13-4-2-7(3-5-13)12-9-11-6-8(10)14-9/h6-7H,2-5,10H2,1H3,(H,11,12). The van der Waals surface area contributed by atoms with E-state index in [1.165, 1.54) is 37.3 Å². The van der Waals surface area contributed by atoms with Gasteiger partial charge in [0.2, 0.25) is 0 Å². The number of nitrogens with zero attached hydrogens (tertiary/aromatic N) is 2. The van der Waals surface area contributed by atoms with Crippen LogP contribution in [0.25, 0.3) is 0 Å². The molecule has 0 radical (unpaired) electrons. The van der Waals surface area contributed by atoms with Gasteiger partial charge in [-0.1, -0.05) is 11.3 Å². The molecule has 0 spiro atoms. The molecule has 0 aromatic carbocycles. The van der Waals surface area contributed by atoms with Crippen molar-refractivity contribution >= 4 is 21.5 Å². The summed E-state index contributed by atoms with van der Waals surface area (Å²) in [6.45, 7) is 2.33. The minimum atomic E-state index is 0.566. The third-order valence-corrected chi connectivity index (χ3v) is 3.33. The van der Waals surface area contributed by atoms with E-state index in [0.29, 0.717) is 6.04 Å². The average molecular weight is 212 g/mol. The van der Waals surface area contributed by atoms with E-state index in [2.05, 4.69) is 22.2 Å². The van der Waals surface area contributed by atoms with Crippen molar-refractivity contribution in [3.63, 3.8) is 0 Å². The quantitative estimate of drug-likeness (QED) is 0.774. The highest BCUT2D eigenvalue weighted by Crippen LogP contribution is 2.22. The monoisotopic (exact) mass is 212 g/mol. The van der Waals surface area contributed by atoms with E-state index in [4.69, 9.17) is 5.73 Å². The Balaban J connectivity index is 1.86. The van der Waals surface area contributed by atoms with Gasteiger partial charge in [-0.05, 0) is 33.0 Å². The van der Waals surface area contributed by atoms with Crippen LogP contribution in [-0.4, -0.2) is 36.1 Å². The summed E-state index contributed by atoms with van der Waals surface area (Å²) >= 11 is 1.52. The van der Waals surface area contributed by atoms with E-state index in [1.54, 1.807) is 6.20 Å². The third-order valence-electron chi connectivity index (χ3n) is 2.57. The number of nitrogens with one attached hydrogen (secondary N) is 1. The van der Waals surface area contributed by atoms with Gasteiger partial charge in [-0.15, -0.1) is 0 Å². The fraction of sp³-hybridized carbons (Fsp3) is 0.667. The van der Waals surface area contributed by atoms with Crippen LogP contribution in [-0.2, 0) is 0 Å². The lowest BCUT2D eigenvalue weighted by Crippen LogP contribution is -2.36. The SMILES string of the molecule is CN1CCC(Nc2ncc(N)s2)CC1. The zero-order valence-electron chi connectivity index (χ0n) is 8.36. The number of piperidine rings is 1. The summed E-state index contributed by atoms with van der Waals surface area (Å²) in [6, 6.07) is 0.566. The maximum Gasteiger partial charge on any atom is 0.184 e. The summed E-state index contributed by atoms with van der Waals surface area (Å²) in [5.74, 6) is 0. The van der Waals surface area contributed by atoms with Gasteiger partial charge >= 0.3 is 0 Å². The van der Waals surface area contributed by atoms with Crippen LogP contribution in [0.3, 0.4) is 0 Å². The second-order valence-electron chi connectivity index (χ2n) is 3.79. The Hall–Kier alpha value is -0.810. The normalized spacial score (nSPS) is 19.8. The van der Waals surface area contributed by atoms with Crippen molar-refractivity contribution in [3.8, 4) is 0 Å². The number of thiazole rings is 1. The first-order valence-corrected chi connectivity index (χ1v) is 5.72. The van der Waals surface area contributed by atoms with Crippen molar-refractivity contribution in [2.45, 2.75) is 18.9 Å². The molecule has 3 N–H and O–H groups in total. The molecule has 14 heavy (non-hydrogen) atoms. The Morgan fingerprint density at radius 1 is 1.57 bits per heavy atom. The molecule has 1 aliphatic rings. The van der Waals surface area contributed by atoms with Crippen molar-refractivity contribution < 1.29 is 0 Å².